The summed E-state index contributed by atoms with van der Waals surface area (Å²) in [7, 11) is 0. The molecule has 0 saturated carbocycles. The topological polar surface area (TPSA) is 60.2 Å². The van der Waals surface area contributed by atoms with Crippen LogP contribution in [0.4, 0.5) is 0 Å². The van der Waals surface area contributed by atoms with Gasteiger partial charge in [0, 0.05) is 0 Å². The Morgan fingerprint density at radius 2 is 1.54 bits per heavy atom. The number of benzene rings is 3. The first-order valence-corrected chi connectivity index (χ1v) is 10.8. The van der Waals surface area contributed by atoms with E-state index in [4.69, 9.17) is 0 Å². The molecule has 0 heterocycles. The average Bonchev–Trinajstić information content (AvgIpc) is 3.00. The minimum atomic E-state index is -0.799. The number of Topliss-reactive ketones (excluding diaryl/α,β-unsaturated/α-hetero) is 1. The van der Waals surface area contributed by atoms with Crippen LogP contribution < -0.4 is 4.46 Å². The van der Waals surface area contributed by atoms with Gasteiger partial charge in [0.25, 0.3) is 0 Å². The molecule has 0 amide bonds. The van der Waals surface area contributed by atoms with Crippen LogP contribution in [-0.4, -0.2) is 32.2 Å². The Morgan fingerprint density at radius 1 is 0.929 bits per heavy atom. The zero-order valence-electron chi connectivity index (χ0n) is 15.2. The summed E-state index contributed by atoms with van der Waals surface area (Å²) < 4.78 is 0.285. The maximum absolute atomic E-state index is 13.7. The van der Waals surface area contributed by atoms with E-state index in [-0.39, 0.29) is 32.2 Å². The van der Waals surface area contributed by atoms with Crippen LogP contribution in [0.25, 0.3) is 0 Å². The number of hydrogen-bond acceptors (Lipinski definition) is 3. The molecule has 0 fully saturated rings. The van der Waals surface area contributed by atoms with Crippen molar-refractivity contribution in [3.8, 4) is 0 Å². The Labute approximate surface area is 169 Å². The minimum absolute atomic E-state index is 0.0441. The van der Waals surface area contributed by atoms with Gasteiger partial charge < -0.3 is 0 Å². The van der Waals surface area contributed by atoms with Crippen LogP contribution in [0.15, 0.2) is 84.9 Å². The zero-order valence-corrected chi connectivity index (χ0v) is 16.9. The van der Waals surface area contributed by atoms with Crippen LogP contribution in [0.3, 0.4) is 0 Å². The number of nitrogens with zero attached hydrogens (tertiary/aromatic N) is 1. The van der Waals surface area contributed by atoms with Crippen LogP contribution in [0.1, 0.15) is 27.4 Å². The molecule has 1 aliphatic carbocycles. The molecule has 2 atom stereocenters. The SMILES string of the molecule is O=C1c2ccccc2C[C@]1([Se]c1ccccc1)[C@@H](C[N+](=O)[O-])c1ccccc1. The molecule has 0 bridgehead atoms. The monoisotopic (exact) mass is 437 g/mol. The molecule has 0 aliphatic heterocycles. The first-order valence-electron chi connectivity index (χ1n) is 9.14. The Kier molecular flexibility index (Phi) is 5.12. The predicted octanol–water partition coefficient (Wildman–Crippen LogP) is 3.67. The van der Waals surface area contributed by atoms with E-state index in [1.165, 1.54) is 0 Å². The van der Waals surface area contributed by atoms with Crippen LogP contribution in [0.2, 0.25) is 4.31 Å². The average molecular weight is 436 g/mol. The molecule has 0 radical (unpaired) electrons. The standard InChI is InChI=1S/C23H19NO3Se/c25-22-20-14-8-7-11-18(20)15-23(22,28-19-12-5-2-6-13-19)21(16-24(26)27)17-9-3-1-4-10-17/h1-14,21H,15-16H2/t21-,23-/m0/s1. The molecule has 0 spiro atoms. The van der Waals surface area contributed by atoms with Crippen molar-refractivity contribution >= 4 is 25.2 Å². The Bertz CT molecular complexity index is 1010. The molecule has 0 saturated heterocycles. The summed E-state index contributed by atoms with van der Waals surface area (Å²) in [4.78, 5) is 25.0. The van der Waals surface area contributed by atoms with Gasteiger partial charge in [-0.25, -0.2) is 0 Å². The number of carbonyl (C=O) groups is 1. The van der Waals surface area contributed by atoms with Crippen molar-refractivity contribution < 1.29 is 9.72 Å². The summed E-state index contributed by atoms with van der Waals surface area (Å²) in [6.07, 6.45) is 0.546. The molecule has 28 heavy (non-hydrogen) atoms. The molecule has 0 unspecified atom stereocenters. The summed E-state index contributed by atoms with van der Waals surface area (Å²) in [6, 6.07) is 27.0. The second-order valence-electron chi connectivity index (χ2n) is 6.95. The van der Waals surface area contributed by atoms with E-state index >= 15 is 0 Å². The van der Waals surface area contributed by atoms with Crippen molar-refractivity contribution in [3.63, 3.8) is 0 Å². The molecule has 0 aromatic heterocycles. The van der Waals surface area contributed by atoms with E-state index in [1.807, 2.05) is 84.9 Å². The van der Waals surface area contributed by atoms with E-state index < -0.39 is 10.2 Å². The van der Waals surface area contributed by atoms with Gasteiger partial charge in [0.1, 0.15) is 0 Å². The fourth-order valence-corrected chi connectivity index (χ4v) is 7.12. The zero-order chi connectivity index (χ0) is 19.6. The van der Waals surface area contributed by atoms with Crippen molar-refractivity contribution in [2.24, 2.45) is 0 Å². The summed E-state index contributed by atoms with van der Waals surface area (Å²) in [5.41, 5.74) is 2.57. The molecule has 5 heteroatoms. The fraction of sp³-hybridized carbons (Fsp3) is 0.174. The Morgan fingerprint density at radius 3 is 2.18 bits per heavy atom. The number of nitro groups is 1. The number of hydrogen-bond donors (Lipinski definition) is 0. The second-order valence-corrected chi connectivity index (χ2v) is 9.89. The van der Waals surface area contributed by atoms with E-state index in [1.54, 1.807) is 0 Å². The van der Waals surface area contributed by atoms with E-state index in [9.17, 15) is 14.9 Å². The summed E-state index contributed by atoms with van der Waals surface area (Å²) in [6.45, 7) is -0.252. The summed E-state index contributed by atoms with van der Waals surface area (Å²) in [5.74, 6) is -0.425. The molecule has 4 rings (SSSR count). The molecule has 3 aromatic carbocycles. The van der Waals surface area contributed by atoms with Gasteiger partial charge in [0.2, 0.25) is 0 Å². The van der Waals surface area contributed by atoms with Crippen molar-refractivity contribution in [2.75, 3.05) is 6.54 Å². The normalized spacial score (nSPS) is 19.2. The third-order valence-electron chi connectivity index (χ3n) is 5.24. The molecule has 1 aliphatic rings. The summed E-state index contributed by atoms with van der Waals surface area (Å²) >= 11 is -0.249. The maximum atomic E-state index is 13.7. The third-order valence-corrected chi connectivity index (χ3v) is 8.36. The summed E-state index contributed by atoms with van der Waals surface area (Å²) in [5, 5.41) is 11.6. The van der Waals surface area contributed by atoms with Crippen LogP contribution in [0, 0.1) is 10.1 Å². The number of carbonyl (C=O) groups excluding carboxylic acids is 1. The first-order chi connectivity index (χ1) is 13.6. The Hall–Kier alpha value is -2.75. The van der Waals surface area contributed by atoms with Crippen molar-refractivity contribution in [1.82, 2.24) is 0 Å². The first kappa shape index (κ1) is 18.6. The predicted molar refractivity (Wildman–Crippen MR) is 110 cm³/mol. The van der Waals surface area contributed by atoms with E-state index in [2.05, 4.69) is 0 Å². The fourth-order valence-electron chi connectivity index (χ4n) is 3.98. The van der Waals surface area contributed by atoms with Gasteiger partial charge in [-0.2, -0.15) is 0 Å². The van der Waals surface area contributed by atoms with E-state index in [0.717, 1.165) is 15.6 Å². The molecule has 140 valence electrons. The van der Waals surface area contributed by atoms with Crippen LogP contribution >= 0.6 is 0 Å². The van der Waals surface area contributed by atoms with Gasteiger partial charge in [0.05, 0.1) is 0 Å². The molecular weight excluding hydrogens is 417 g/mol. The van der Waals surface area contributed by atoms with Crippen molar-refractivity contribution in [2.45, 2.75) is 16.7 Å². The number of fused-ring (bicyclic) bond motifs is 1. The quantitative estimate of drug-likeness (QED) is 0.337. The van der Waals surface area contributed by atoms with Gasteiger partial charge in [-0.3, -0.25) is 0 Å². The molecule has 3 aromatic rings. The van der Waals surface area contributed by atoms with Gasteiger partial charge in [-0.1, -0.05) is 0 Å². The van der Waals surface area contributed by atoms with Crippen LogP contribution in [-0.2, 0) is 6.42 Å². The van der Waals surface area contributed by atoms with Gasteiger partial charge in [-0.05, 0) is 0 Å². The number of rotatable bonds is 6. The van der Waals surface area contributed by atoms with Gasteiger partial charge >= 0.3 is 170 Å². The Balaban J connectivity index is 1.87. The number of ketones is 1. The van der Waals surface area contributed by atoms with E-state index in [0.29, 0.717) is 12.0 Å². The second kappa shape index (κ2) is 7.70. The van der Waals surface area contributed by atoms with Crippen molar-refractivity contribution in [3.05, 3.63) is 112 Å². The third kappa shape index (κ3) is 3.39. The molecular formula is C23H19NO3Se. The van der Waals surface area contributed by atoms with Gasteiger partial charge in [-0.15, -0.1) is 0 Å². The molecule has 4 nitrogen and oxygen atoms in total. The molecule has 0 N–H and O–H groups in total. The van der Waals surface area contributed by atoms with Crippen LogP contribution in [0.5, 0.6) is 0 Å². The van der Waals surface area contributed by atoms with Crippen molar-refractivity contribution in [1.29, 1.82) is 0 Å². The van der Waals surface area contributed by atoms with Gasteiger partial charge in [0.15, 0.2) is 0 Å².